The normalized spacial score (nSPS) is 29.6. The number of nitrogens with zero attached hydrogens (tertiary/aromatic N) is 1. The standard InChI is InChI=1S/C29H35N3O6S/c1-5-38-21-12-8-18(9-13-21)30-26(34)23-22-14-16(2)29(39-22)24(23)28(36)32(17(3)15-33)25(29)27(35)31-19-6-10-20(37-4)11-7-19/h6-13,16-17,22-25,33H,5,14-15H2,1-4H3,(H,30,34)(H,31,35)/t16?,17-,22-,23+,24+,25?,29?/m1/s1. The van der Waals surface area contributed by atoms with Crippen molar-refractivity contribution in [3.8, 4) is 11.5 Å². The lowest BCUT2D eigenvalue weighted by Gasteiger charge is -2.39. The largest absolute Gasteiger partial charge is 0.497 e. The summed E-state index contributed by atoms with van der Waals surface area (Å²) in [5, 5.41) is 15.9. The van der Waals surface area contributed by atoms with Gasteiger partial charge in [-0.2, -0.15) is 0 Å². The molecule has 3 unspecified atom stereocenters. The topological polar surface area (TPSA) is 117 Å². The smallest absolute Gasteiger partial charge is 0.248 e. The lowest BCUT2D eigenvalue weighted by molar-refractivity contribution is -0.140. The van der Waals surface area contributed by atoms with Crippen LogP contribution in [0, 0.1) is 17.8 Å². The third-order valence-electron chi connectivity index (χ3n) is 8.26. The fourth-order valence-corrected chi connectivity index (χ4v) is 8.94. The van der Waals surface area contributed by atoms with Gasteiger partial charge in [0.1, 0.15) is 17.5 Å². The number of hydrogen-bond acceptors (Lipinski definition) is 7. The van der Waals surface area contributed by atoms with Crippen molar-refractivity contribution in [1.82, 2.24) is 4.90 Å². The zero-order chi connectivity index (χ0) is 27.9. The third kappa shape index (κ3) is 4.53. The number of rotatable bonds is 9. The average Bonchev–Trinajstić information content (AvgIpc) is 3.53. The van der Waals surface area contributed by atoms with E-state index < -0.39 is 28.7 Å². The summed E-state index contributed by atoms with van der Waals surface area (Å²) >= 11 is 1.60. The molecule has 3 fully saturated rings. The second-order valence-corrected chi connectivity index (χ2v) is 12.0. The molecule has 3 N–H and O–H groups in total. The molecule has 9 nitrogen and oxygen atoms in total. The van der Waals surface area contributed by atoms with Crippen molar-refractivity contribution in [2.24, 2.45) is 17.8 Å². The molecule has 39 heavy (non-hydrogen) atoms. The SMILES string of the molecule is CCOc1ccc(NC(=O)[C@@H]2[C@H]3C(=O)N([C@H](C)CO)C(C(=O)Nc4ccc(OC)cc4)C34S[C@@H]2CC4C)cc1. The molecule has 1 spiro atoms. The number of carbonyl (C=O) groups is 3. The zero-order valence-electron chi connectivity index (χ0n) is 22.5. The third-order valence-corrected chi connectivity index (χ3v) is 10.3. The van der Waals surface area contributed by atoms with Crippen LogP contribution in [0.3, 0.4) is 0 Å². The molecular weight excluding hydrogens is 518 g/mol. The molecular formula is C29H35N3O6S. The molecule has 3 aliphatic rings. The number of aliphatic hydroxyl groups is 1. The number of hydrogen-bond donors (Lipinski definition) is 3. The van der Waals surface area contributed by atoms with E-state index in [1.807, 2.05) is 6.92 Å². The Morgan fingerprint density at radius 2 is 1.67 bits per heavy atom. The summed E-state index contributed by atoms with van der Waals surface area (Å²) in [6.45, 7) is 5.97. The fraction of sp³-hybridized carbons (Fsp3) is 0.483. The van der Waals surface area contributed by atoms with Crippen LogP contribution in [-0.2, 0) is 14.4 Å². The summed E-state index contributed by atoms with van der Waals surface area (Å²) in [7, 11) is 1.57. The molecule has 7 atom stereocenters. The average molecular weight is 554 g/mol. The molecule has 0 saturated carbocycles. The Morgan fingerprint density at radius 3 is 2.23 bits per heavy atom. The van der Waals surface area contributed by atoms with Crippen molar-refractivity contribution in [2.45, 2.75) is 49.3 Å². The van der Waals surface area contributed by atoms with Crippen LogP contribution in [0.15, 0.2) is 48.5 Å². The van der Waals surface area contributed by atoms with Crippen molar-refractivity contribution in [2.75, 3.05) is 31.0 Å². The number of nitrogens with one attached hydrogen (secondary N) is 2. The maximum absolute atomic E-state index is 14.1. The Kier molecular flexibility index (Phi) is 7.52. The second-order valence-electron chi connectivity index (χ2n) is 10.5. The van der Waals surface area contributed by atoms with E-state index in [1.54, 1.807) is 74.3 Å². The zero-order valence-corrected chi connectivity index (χ0v) is 23.4. The first-order valence-electron chi connectivity index (χ1n) is 13.3. The minimum absolute atomic E-state index is 0.0264. The number of thioether (sulfide) groups is 1. The van der Waals surface area contributed by atoms with E-state index in [0.717, 1.165) is 6.42 Å². The first-order chi connectivity index (χ1) is 18.7. The van der Waals surface area contributed by atoms with E-state index in [0.29, 0.717) is 29.5 Å². The van der Waals surface area contributed by atoms with E-state index in [9.17, 15) is 19.5 Å². The summed E-state index contributed by atoms with van der Waals surface area (Å²) < 4.78 is 9.93. The number of methoxy groups -OCH3 is 1. The number of likely N-dealkylation sites (tertiary alicyclic amines) is 1. The van der Waals surface area contributed by atoms with Gasteiger partial charge in [-0.15, -0.1) is 11.8 Å². The first-order valence-corrected chi connectivity index (χ1v) is 14.2. The molecule has 2 bridgehead atoms. The first kappa shape index (κ1) is 27.3. The van der Waals surface area contributed by atoms with Gasteiger partial charge >= 0.3 is 0 Å². The van der Waals surface area contributed by atoms with Gasteiger partial charge in [0, 0.05) is 16.6 Å². The van der Waals surface area contributed by atoms with Crippen molar-refractivity contribution in [3.05, 3.63) is 48.5 Å². The number of anilines is 2. The molecule has 0 aromatic heterocycles. The molecule has 3 heterocycles. The van der Waals surface area contributed by atoms with Gasteiger partial charge in [-0.05, 0) is 74.7 Å². The summed E-state index contributed by atoms with van der Waals surface area (Å²) in [6.07, 6.45) is 0.726. The lowest BCUT2D eigenvalue weighted by atomic mass is 9.66. The second kappa shape index (κ2) is 10.7. The number of amides is 3. The van der Waals surface area contributed by atoms with Gasteiger partial charge in [0.25, 0.3) is 0 Å². The molecule has 2 aromatic carbocycles. The van der Waals surface area contributed by atoms with Crippen LogP contribution >= 0.6 is 11.8 Å². The van der Waals surface area contributed by atoms with Gasteiger partial charge in [0.15, 0.2) is 0 Å². The quantitative estimate of drug-likeness (QED) is 0.436. The summed E-state index contributed by atoms with van der Waals surface area (Å²) in [5.41, 5.74) is 1.21. The van der Waals surface area contributed by atoms with Gasteiger partial charge in [0.2, 0.25) is 17.7 Å². The van der Waals surface area contributed by atoms with E-state index in [4.69, 9.17) is 9.47 Å². The number of aliphatic hydroxyl groups excluding tert-OH is 1. The van der Waals surface area contributed by atoms with Crippen molar-refractivity contribution in [3.63, 3.8) is 0 Å². The molecule has 2 aromatic rings. The summed E-state index contributed by atoms with van der Waals surface area (Å²) in [5.74, 6) is -0.641. The maximum Gasteiger partial charge on any atom is 0.248 e. The van der Waals surface area contributed by atoms with Crippen LogP contribution in [0.4, 0.5) is 11.4 Å². The van der Waals surface area contributed by atoms with Gasteiger partial charge in [-0.3, -0.25) is 14.4 Å². The monoisotopic (exact) mass is 553 g/mol. The van der Waals surface area contributed by atoms with E-state index in [1.165, 1.54) is 4.90 Å². The highest BCUT2D eigenvalue weighted by molar-refractivity contribution is 8.02. The highest BCUT2D eigenvalue weighted by Crippen LogP contribution is 2.68. The number of benzene rings is 2. The van der Waals surface area contributed by atoms with Crippen LogP contribution in [0.5, 0.6) is 11.5 Å². The Bertz CT molecular complexity index is 1240. The number of ether oxygens (including phenoxy) is 2. The van der Waals surface area contributed by atoms with Gasteiger partial charge in [-0.1, -0.05) is 6.92 Å². The minimum atomic E-state index is -0.826. The lowest BCUT2D eigenvalue weighted by Crippen LogP contribution is -2.56. The Hall–Kier alpha value is -3.24. The molecule has 5 rings (SSSR count). The van der Waals surface area contributed by atoms with Gasteiger partial charge < -0.3 is 30.1 Å². The maximum atomic E-state index is 14.1. The Morgan fingerprint density at radius 1 is 1.08 bits per heavy atom. The summed E-state index contributed by atoms with van der Waals surface area (Å²) in [6, 6.07) is 12.8. The van der Waals surface area contributed by atoms with Crippen molar-refractivity contribution >= 4 is 40.9 Å². The van der Waals surface area contributed by atoms with E-state index in [2.05, 4.69) is 17.6 Å². The number of fused-ring (bicyclic) bond motifs is 1. The van der Waals surface area contributed by atoms with Gasteiger partial charge in [-0.25, -0.2) is 0 Å². The van der Waals surface area contributed by atoms with Crippen LogP contribution in [0.1, 0.15) is 27.2 Å². The van der Waals surface area contributed by atoms with Crippen molar-refractivity contribution < 1.29 is 29.0 Å². The summed E-state index contributed by atoms with van der Waals surface area (Å²) in [4.78, 5) is 43.2. The highest BCUT2D eigenvalue weighted by Gasteiger charge is 2.76. The van der Waals surface area contributed by atoms with Crippen LogP contribution in [-0.4, -0.2) is 70.1 Å². The molecule has 0 aliphatic carbocycles. The Labute approximate surface area is 232 Å². The molecule has 10 heteroatoms. The van der Waals surface area contributed by atoms with Crippen LogP contribution < -0.4 is 20.1 Å². The minimum Gasteiger partial charge on any atom is -0.497 e. The highest BCUT2D eigenvalue weighted by atomic mass is 32.2. The van der Waals surface area contributed by atoms with Crippen LogP contribution in [0.25, 0.3) is 0 Å². The fourth-order valence-electron chi connectivity index (χ4n) is 6.53. The molecule has 208 valence electrons. The van der Waals surface area contributed by atoms with Crippen molar-refractivity contribution in [1.29, 1.82) is 0 Å². The van der Waals surface area contributed by atoms with E-state index in [-0.39, 0.29) is 35.5 Å². The molecule has 0 radical (unpaired) electrons. The molecule has 3 aliphatic heterocycles. The predicted octanol–water partition coefficient (Wildman–Crippen LogP) is 3.39. The predicted molar refractivity (Wildman–Crippen MR) is 150 cm³/mol. The molecule has 3 saturated heterocycles. The van der Waals surface area contributed by atoms with E-state index >= 15 is 0 Å². The molecule has 3 amide bonds. The Balaban J connectivity index is 1.45. The van der Waals surface area contributed by atoms with Gasteiger partial charge in [0.05, 0.1) is 42.9 Å². The van der Waals surface area contributed by atoms with Crippen LogP contribution in [0.2, 0.25) is 0 Å². The number of carbonyl (C=O) groups excluding carboxylic acids is 3.